The molecular formula is C14H19NO2S. The summed E-state index contributed by atoms with van der Waals surface area (Å²) in [4.78, 5) is 0.523. The van der Waals surface area contributed by atoms with E-state index in [1.807, 2.05) is 12.1 Å². The van der Waals surface area contributed by atoms with Crippen molar-refractivity contribution in [1.82, 2.24) is 5.32 Å². The third kappa shape index (κ3) is 2.08. The number of fused-ring (bicyclic) bond motifs is 1. The van der Waals surface area contributed by atoms with Crippen molar-refractivity contribution >= 4 is 9.84 Å². The predicted octanol–water partition coefficient (Wildman–Crippen LogP) is 2.29. The van der Waals surface area contributed by atoms with E-state index in [0.717, 1.165) is 11.5 Å². The molecule has 98 valence electrons. The quantitative estimate of drug-likeness (QED) is 0.908. The molecule has 3 nitrogen and oxygen atoms in total. The minimum Gasteiger partial charge on any atom is -0.306 e. The molecule has 18 heavy (non-hydrogen) atoms. The maximum Gasteiger partial charge on any atom is 0.180 e. The van der Waals surface area contributed by atoms with Crippen LogP contribution < -0.4 is 5.32 Å². The summed E-state index contributed by atoms with van der Waals surface area (Å²) in [6, 6.07) is 7.91. The first-order valence-corrected chi connectivity index (χ1v) is 8.35. The lowest BCUT2D eigenvalue weighted by Crippen LogP contribution is -2.26. The molecule has 3 unspecified atom stereocenters. The molecule has 1 saturated carbocycles. The molecule has 0 aromatic heterocycles. The molecule has 4 heteroatoms. The van der Waals surface area contributed by atoms with E-state index in [0.29, 0.717) is 10.9 Å². The molecule has 3 rings (SSSR count). The first kappa shape index (κ1) is 12.2. The molecule has 0 spiro atoms. The van der Waals surface area contributed by atoms with E-state index < -0.39 is 9.84 Å². The average Bonchev–Trinajstić information content (AvgIpc) is 3.00. The molecule has 1 heterocycles. The van der Waals surface area contributed by atoms with Gasteiger partial charge in [0.25, 0.3) is 0 Å². The molecule has 0 saturated heterocycles. The second-order valence-corrected chi connectivity index (χ2v) is 7.43. The summed E-state index contributed by atoms with van der Waals surface area (Å²) in [6.07, 6.45) is 3.66. The molecule has 1 aliphatic heterocycles. The number of sulfone groups is 1. The van der Waals surface area contributed by atoms with Gasteiger partial charge in [-0.1, -0.05) is 31.5 Å². The molecule has 0 amide bonds. The maximum absolute atomic E-state index is 12.0. The minimum absolute atomic E-state index is 0.00180. The summed E-state index contributed by atoms with van der Waals surface area (Å²) in [5.74, 6) is 0.979. The highest BCUT2D eigenvalue weighted by molar-refractivity contribution is 7.91. The third-order valence-electron chi connectivity index (χ3n) is 4.01. The molecular weight excluding hydrogens is 246 g/mol. The fourth-order valence-corrected chi connectivity index (χ4v) is 4.74. The van der Waals surface area contributed by atoms with Crippen molar-refractivity contribution in [2.45, 2.75) is 43.2 Å². The summed E-state index contributed by atoms with van der Waals surface area (Å²) in [6.45, 7) is 2.20. The standard InChI is InChI=1S/C14H19NO2S/c1-2-5-10-8-12(10)15-13-9-18(16,17)14-7-4-3-6-11(13)14/h3-4,6-7,10,12-13,15H,2,5,8-9H2,1H3. The Bertz CT molecular complexity index is 553. The molecule has 0 radical (unpaired) electrons. The minimum atomic E-state index is -3.06. The van der Waals surface area contributed by atoms with Gasteiger partial charge in [0.2, 0.25) is 0 Å². The number of hydrogen-bond donors (Lipinski definition) is 1. The Labute approximate surface area is 109 Å². The zero-order valence-corrected chi connectivity index (χ0v) is 11.4. The van der Waals surface area contributed by atoms with Crippen LogP contribution in [-0.2, 0) is 9.84 Å². The Morgan fingerprint density at radius 1 is 1.33 bits per heavy atom. The van der Waals surface area contributed by atoms with Gasteiger partial charge in [-0.05, 0) is 30.4 Å². The van der Waals surface area contributed by atoms with Crippen molar-refractivity contribution in [2.24, 2.45) is 5.92 Å². The highest BCUT2D eigenvalue weighted by Crippen LogP contribution is 2.40. The van der Waals surface area contributed by atoms with E-state index in [-0.39, 0.29) is 11.8 Å². The van der Waals surface area contributed by atoms with Gasteiger partial charge in [0, 0.05) is 12.1 Å². The Hall–Kier alpha value is -0.870. The first-order chi connectivity index (χ1) is 8.62. The van der Waals surface area contributed by atoms with Gasteiger partial charge in [-0.3, -0.25) is 0 Å². The summed E-state index contributed by atoms with van der Waals surface area (Å²) in [5.41, 5.74) is 0.958. The van der Waals surface area contributed by atoms with Gasteiger partial charge in [-0.2, -0.15) is 0 Å². The van der Waals surface area contributed by atoms with Gasteiger partial charge in [-0.15, -0.1) is 0 Å². The van der Waals surface area contributed by atoms with Crippen molar-refractivity contribution in [3.63, 3.8) is 0 Å². The van der Waals surface area contributed by atoms with Crippen LogP contribution >= 0.6 is 0 Å². The fourth-order valence-electron chi connectivity index (χ4n) is 2.99. The first-order valence-electron chi connectivity index (χ1n) is 6.69. The van der Waals surface area contributed by atoms with Crippen molar-refractivity contribution in [3.05, 3.63) is 29.8 Å². The van der Waals surface area contributed by atoms with Crippen LogP contribution in [0.3, 0.4) is 0 Å². The summed E-state index contributed by atoms with van der Waals surface area (Å²) in [7, 11) is -3.06. The number of benzene rings is 1. The number of hydrogen-bond acceptors (Lipinski definition) is 3. The number of rotatable bonds is 4. The van der Waals surface area contributed by atoms with Gasteiger partial charge in [-0.25, -0.2) is 8.42 Å². The molecule has 1 N–H and O–H groups in total. The van der Waals surface area contributed by atoms with Crippen LogP contribution in [0.4, 0.5) is 0 Å². The number of nitrogens with one attached hydrogen (secondary N) is 1. The Morgan fingerprint density at radius 2 is 2.11 bits per heavy atom. The van der Waals surface area contributed by atoms with Crippen LogP contribution in [0.5, 0.6) is 0 Å². The lowest BCUT2D eigenvalue weighted by molar-refractivity contribution is 0.530. The van der Waals surface area contributed by atoms with Gasteiger partial charge < -0.3 is 5.32 Å². The zero-order chi connectivity index (χ0) is 12.8. The van der Waals surface area contributed by atoms with E-state index in [1.165, 1.54) is 19.3 Å². The lowest BCUT2D eigenvalue weighted by Gasteiger charge is -2.12. The summed E-state index contributed by atoms with van der Waals surface area (Å²) >= 11 is 0. The Kier molecular flexibility index (Phi) is 2.94. The van der Waals surface area contributed by atoms with Crippen LogP contribution in [-0.4, -0.2) is 20.2 Å². The third-order valence-corrected chi connectivity index (χ3v) is 5.83. The van der Waals surface area contributed by atoms with Crippen molar-refractivity contribution < 1.29 is 8.42 Å². The maximum atomic E-state index is 12.0. The highest BCUT2D eigenvalue weighted by atomic mass is 32.2. The molecule has 3 atom stereocenters. The second-order valence-electron chi connectivity index (χ2n) is 5.43. The molecule has 0 bridgehead atoms. The summed E-state index contributed by atoms with van der Waals surface area (Å²) < 4.78 is 24.1. The SMILES string of the molecule is CCCC1CC1NC1CS(=O)(=O)c2ccccc21. The molecule has 1 aliphatic carbocycles. The topological polar surface area (TPSA) is 46.2 Å². The Morgan fingerprint density at radius 3 is 2.89 bits per heavy atom. The molecule has 1 fully saturated rings. The van der Waals surface area contributed by atoms with E-state index in [4.69, 9.17) is 0 Å². The smallest absolute Gasteiger partial charge is 0.180 e. The highest BCUT2D eigenvalue weighted by Gasteiger charge is 2.41. The Balaban J connectivity index is 1.77. The fraction of sp³-hybridized carbons (Fsp3) is 0.571. The predicted molar refractivity (Wildman–Crippen MR) is 71.2 cm³/mol. The largest absolute Gasteiger partial charge is 0.306 e. The van der Waals surface area contributed by atoms with Crippen LogP contribution in [0, 0.1) is 5.92 Å². The second kappa shape index (κ2) is 4.35. The van der Waals surface area contributed by atoms with Crippen LogP contribution in [0.2, 0.25) is 0 Å². The zero-order valence-electron chi connectivity index (χ0n) is 10.6. The molecule has 1 aromatic carbocycles. The van der Waals surface area contributed by atoms with E-state index in [2.05, 4.69) is 12.2 Å². The van der Waals surface area contributed by atoms with Crippen molar-refractivity contribution in [2.75, 3.05) is 5.75 Å². The van der Waals surface area contributed by atoms with Crippen LogP contribution in [0.25, 0.3) is 0 Å². The lowest BCUT2D eigenvalue weighted by atomic mass is 10.1. The monoisotopic (exact) mass is 265 g/mol. The van der Waals surface area contributed by atoms with Gasteiger partial charge in [0.05, 0.1) is 10.6 Å². The van der Waals surface area contributed by atoms with E-state index >= 15 is 0 Å². The van der Waals surface area contributed by atoms with E-state index in [1.54, 1.807) is 12.1 Å². The van der Waals surface area contributed by atoms with Gasteiger partial charge >= 0.3 is 0 Å². The van der Waals surface area contributed by atoms with Gasteiger partial charge in [0.1, 0.15) is 0 Å². The molecule has 2 aliphatic rings. The van der Waals surface area contributed by atoms with Gasteiger partial charge in [0.15, 0.2) is 9.84 Å². The van der Waals surface area contributed by atoms with E-state index in [9.17, 15) is 8.42 Å². The average molecular weight is 265 g/mol. The van der Waals surface area contributed by atoms with Crippen LogP contribution in [0.15, 0.2) is 29.2 Å². The van der Waals surface area contributed by atoms with Crippen molar-refractivity contribution in [1.29, 1.82) is 0 Å². The van der Waals surface area contributed by atoms with Crippen LogP contribution in [0.1, 0.15) is 37.8 Å². The normalized spacial score (nSPS) is 32.2. The molecule has 1 aromatic rings. The summed E-state index contributed by atoms with van der Waals surface area (Å²) in [5, 5.41) is 3.52. The van der Waals surface area contributed by atoms with Crippen molar-refractivity contribution in [3.8, 4) is 0 Å².